The standard InChI is InChI=1S/C14H23BrN4O2/c1-4-11-13(15)12(19(5-2)17-11)9-18-7-6-10(8-18)16-14(20)21-3/h10H,4-9H2,1-3H3,(H,16,20). The summed E-state index contributed by atoms with van der Waals surface area (Å²) in [6.07, 6.45) is 1.52. The number of rotatable bonds is 5. The predicted molar refractivity (Wildman–Crippen MR) is 84.2 cm³/mol. The highest BCUT2D eigenvalue weighted by Crippen LogP contribution is 2.25. The van der Waals surface area contributed by atoms with E-state index in [1.54, 1.807) is 0 Å². The third-order valence-electron chi connectivity index (χ3n) is 3.85. The van der Waals surface area contributed by atoms with Gasteiger partial charge in [-0.2, -0.15) is 5.10 Å². The van der Waals surface area contributed by atoms with Gasteiger partial charge in [-0.15, -0.1) is 0 Å². The molecule has 1 amide bonds. The number of aryl methyl sites for hydroxylation is 2. The van der Waals surface area contributed by atoms with Crippen LogP contribution in [-0.4, -0.2) is 47.0 Å². The largest absolute Gasteiger partial charge is 0.453 e. The number of carbonyl (C=O) groups excluding carboxylic acids is 1. The van der Waals surface area contributed by atoms with Crippen LogP contribution in [0.4, 0.5) is 4.79 Å². The van der Waals surface area contributed by atoms with E-state index in [1.165, 1.54) is 12.8 Å². The van der Waals surface area contributed by atoms with Crippen LogP contribution >= 0.6 is 15.9 Å². The molecule has 0 bridgehead atoms. The van der Waals surface area contributed by atoms with Gasteiger partial charge in [0, 0.05) is 32.2 Å². The van der Waals surface area contributed by atoms with Gasteiger partial charge in [0.2, 0.25) is 0 Å². The highest BCUT2D eigenvalue weighted by Gasteiger charge is 2.26. The molecular formula is C14H23BrN4O2. The minimum Gasteiger partial charge on any atom is -0.453 e. The zero-order valence-electron chi connectivity index (χ0n) is 12.9. The fraction of sp³-hybridized carbons (Fsp3) is 0.714. The van der Waals surface area contributed by atoms with Gasteiger partial charge >= 0.3 is 6.09 Å². The summed E-state index contributed by atoms with van der Waals surface area (Å²) in [7, 11) is 1.39. The Bertz CT molecular complexity index is 503. The van der Waals surface area contributed by atoms with Crippen molar-refractivity contribution in [1.82, 2.24) is 20.0 Å². The molecule has 1 N–H and O–H groups in total. The SMILES string of the molecule is CCc1nn(CC)c(CN2CCC(NC(=O)OC)C2)c1Br. The van der Waals surface area contributed by atoms with Crippen LogP contribution in [0.5, 0.6) is 0 Å². The number of nitrogens with one attached hydrogen (secondary N) is 1. The van der Waals surface area contributed by atoms with Crippen molar-refractivity contribution in [3.8, 4) is 0 Å². The average molecular weight is 359 g/mol. The van der Waals surface area contributed by atoms with Crippen molar-refractivity contribution in [2.24, 2.45) is 0 Å². The Morgan fingerprint density at radius 1 is 1.52 bits per heavy atom. The number of alkyl carbamates (subject to hydrolysis) is 1. The lowest BCUT2D eigenvalue weighted by Gasteiger charge is -2.17. The molecule has 1 aromatic rings. The van der Waals surface area contributed by atoms with Crippen molar-refractivity contribution >= 4 is 22.0 Å². The number of carbonyl (C=O) groups is 1. The third kappa shape index (κ3) is 3.77. The van der Waals surface area contributed by atoms with E-state index < -0.39 is 0 Å². The van der Waals surface area contributed by atoms with Gasteiger partial charge in [0.15, 0.2) is 0 Å². The summed E-state index contributed by atoms with van der Waals surface area (Å²) < 4.78 is 7.83. The van der Waals surface area contributed by atoms with Crippen LogP contribution in [-0.2, 0) is 24.2 Å². The first-order valence-corrected chi connectivity index (χ1v) is 8.19. The van der Waals surface area contributed by atoms with Crippen molar-refractivity contribution < 1.29 is 9.53 Å². The second-order valence-electron chi connectivity index (χ2n) is 5.23. The van der Waals surface area contributed by atoms with Gasteiger partial charge in [0.1, 0.15) is 0 Å². The van der Waals surface area contributed by atoms with Crippen LogP contribution in [0.2, 0.25) is 0 Å². The highest BCUT2D eigenvalue weighted by atomic mass is 79.9. The molecule has 6 nitrogen and oxygen atoms in total. The Balaban J connectivity index is 2.00. The molecule has 1 aliphatic heterocycles. The topological polar surface area (TPSA) is 59.4 Å². The zero-order valence-corrected chi connectivity index (χ0v) is 14.4. The number of nitrogens with zero attached hydrogens (tertiary/aromatic N) is 3. The molecule has 118 valence electrons. The van der Waals surface area contributed by atoms with Crippen LogP contribution in [0.25, 0.3) is 0 Å². The van der Waals surface area contributed by atoms with Gasteiger partial charge in [0.25, 0.3) is 0 Å². The molecular weight excluding hydrogens is 336 g/mol. The number of methoxy groups -OCH3 is 1. The maximum atomic E-state index is 11.3. The molecule has 1 atom stereocenters. The number of likely N-dealkylation sites (tertiary alicyclic amines) is 1. The number of aromatic nitrogens is 2. The van der Waals surface area contributed by atoms with Crippen molar-refractivity contribution in [3.63, 3.8) is 0 Å². The van der Waals surface area contributed by atoms with Crippen LogP contribution in [0.15, 0.2) is 4.47 Å². The molecule has 1 fully saturated rings. The summed E-state index contributed by atoms with van der Waals surface area (Å²) in [5, 5.41) is 7.49. The van der Waals surface area contributed by atoms with Crippen LogP contribution in [0.1, 0.15) is 31.7 Å². The minimum absolute atomic E-state index is 0.167. The lowest BCUT2D eigenvalue weighted by molar-refractivity contribution is 0.166. The minimum atomic E-state index is -0.352. The molecule has 2 rings (SSSR count). The molecule has 0 saturated carbocycles. The lowest BCUT2D eigenvalue weighted by Crippen LogP contribution is -2.37. The normalized spacial score (nSPS) is 19.0. The van der Waals surface area contributed by atoms with E-state index in [-0.39, 0.29) is 12.1 Å². The number of hydrogen-bond acceptors (Lipinski definition) is 4. The zero-order chi connectivity index (χ0) is 15.4. The smallest absolute Gasteiger partial charge is 0.407 e. The van der Waals surface area contributed by atoms with Crippen molar-refractivity contribution in [1.29, 1.82) is 0 Å². The predicted octanol–water partition coefficient (Wildman–Crippen LogP) is 2.16. The number of hydrogen-bond donors (Lipinski definition) is 1. The molecule has 2 heterocycles. The van der Waals surface area contributed by atoms with Crippen molar-refractivity contribution in [2.45, 2.75) is 45.8 Å². The second kappa shape index (κ2) is 7.26. The van der Waals surface area contributed by atoms with Gasteiger partial charge in [0.05, 0.1) is 23.0 Å². The molecule has 0 aliphatic carbocycles. The summed E-state index contributed by atoms with van der Waals surface area (Å²) >= 11 is 3.68. The Labute approximate surface area is 133 Å². The molecule has 1 aliphatic rings. The molecule has 0 radical (unpaired) electrons. The average Bonchev–Trinajstić information content (AvgIpc) is 3.05. The van der Waals surface area contributed by atoms with Gasteiger partial charge in [-0.1, -0.05) is 6.92 Å². The Hall–Kier alpha value is -1.08. The quantitative estimate of drug-likeness (QED) is 0.875. The molecule has 0 aromatic carbocycles. The molecule has 1 aromatic heterocycles. The van der Waals surface area contributed by atoms with Crippen LogP contribution in [0, 0.1) is 0 Å². The van der Waals surface area contributed by atoms with Crippen molar-refractivity contribution in [2.75, 3.05) is 20.2 Å². The van der Waals surface area contributed by atoms with Gasteiger partial charge in [-0.25, -0.2) is 4.79 Å². The Kier molecular flexibility index (Phi) is 5.64. The first kappa shape index (κ1) is 16.3. The van der Waals surface area contributed by atoms with Crippen molar-refractivity contribution in [3.05, 3.63) is 15.9 Å². The van der Waals surface area contributed by atoms with E-state index in [9.17, 15) is 4.79 Å². The third-order valence-corrected chi connectivity index (χ3v) is 4.76. The van der Waals surface area contributed by atoms with Gasteiger partial charge < -0.3 is 10.1 Å². The maximum absolute atomic E-state index is 11.3. The number of amides is 1. The molecule has 21 heavy (non-hydrogen) atoms. The summed E-state index contributed by atoms with van der Waals surface area (Å²) in [5.74, 6) is 0. The van der Waals surface area contributed by atoms with Crippen LogP contribution < -0.4 is 5.32 Å². The fourth-order valence-corrected chi connectivity index (χ4v) is 3.39. The van der Waals surface area contributed by atoms with E-state index in [2.05, 4.69) is 54.5 Å². The van der Waals surface area contributed by atoms with Gasteiger partial charge in [-0.05, 0) is 35.7 Å². The Morgan fingerprint density at radius 3 is 2.90 bits per heavy atom. The number of halogens is 1. The van der Waals surface area contributed by atoms with E-state index in [0.717, 1.165) is 49.2 Å². The fourth-order valence-electron chi connectivity index (χ4n) is 2.70. The highest BCUT2D eigenvalue weighted by molar-refractivity contribution is 9.10. The molecule has 1 unspecified atom stereocenters. The summed E-state index contributed by atoms with van der Waals surface area (Å²) in [5.41, 5.74) is 2.32. The van der Waals surface area contributed by atoms with E-state index in [1.807, 2.05) is 0 Å². The molecule has 7 heteroatoms. The summed E-state index contributed by atoms with van der Waals surface area (Å²) in [6, 6.07) is 0.167. The second-order valence-corrected chi connectivity index (χ2v) is 6.03. The first-order valence-electron chi connectivity index (χ1n) is 7.39. The maximum Gasteiger partial charge on any atom is 0.407 e. The molecule has 0 spiro atoms. The monoisotopic (exact) mass is 358 g/mol. The Morgan fingerprint density at radius 2 is 2.29 bits per heavy atom. The van der Waals surface area contributed by atoms with Crippen LogP contribution in [0.3, 0.4) is 0 Å². The summed E-state index contributed by atoms with van der Waals surface area (Å²) in [6.45, 7) is 7.75. The van der Waals surface area contributed by atoms with E-state index in [0.29, 0.717) is 0 Å². The first-order chi connectivity index (χ1) is 10.1. The number of ether oxygens (including phenoxy) is 1. The lowest BCUT2D eigenvalue weighted by atomic mass is 10.3. The summed E-state index contributed by atoms with van der Waals surface area (Å²) in [4.78, 5) is 13.6. The van der Waals surface area contributed by atoms with E-state index >= 15 is 0 Å². The van der Waals surface area contributed by atoms with E-state index in [4.69, 9.17) is 0 Å². The van der Waals surface area contributed by atoms with Gasteiger partial charge in [-0.3, -0.25) is 9.58 Å². The molecule has 1 saturated heterocycles.